The van der Waals surface area contributed by atoms with Crippen molar-refractivity contribution in [2.24, 2.45) is 0 Å². The Morgan fingerprint density at radius 2 is 0.985 bits per heavy atom. The molecule has 7 rings (SSSR count). The van der Waals surface area contributed by atoms with E-state index in [1.807, 2.05) is 0 Å². The molecule has 0 aliphatic carbocycles. The average molecular weight is 935 g/mol. The van der Waals surface area contributed by atoms with Crippen molar-refractivity contribution in [2.45, 2.75) is 137 Å². The molecule has 0 spiro atoms. The van der Waals surface area contributed by atoms with Gasteiger partial charge in [-0.25, -0.2) is 0 Å². The topological polar surface area (TPSA) is 428 Å². The number of phenols is 4. The van der Waals surface area contributed by atoms with Gasteiger partial charge in [0.1, 0.15) is 95.7 Å². The molecule has 16 N–H and O–H groups in total. The van der Waals surface area contributed by atoms with Crippen molar-refractivity contribution in [2.75, 3.05) is 13.2 Å². The Kier molecular flexibility index (Phi) is 14.3. The van der Waals surface area contributed by atoms with E-state index in [0.29, 0.717) is 0 Å². The zero-order valence-electron chi connectivity index (χ0n) is 34.0. The Morgan fingerprint density at radius 1 is 0.523 bits per heavy atom. The molecule has 3 aromatic rings. The lowest BCUT2D eigenvalue weighted by molar-refractivity contribution is -0.355. The lowest BCUT2D eigenvalue weighted by Crippen LogP contribution is -2.64. The standard InChI is InChI=1S/C39H50O26/c1-9-20(45)26(51)30(55)36(57-9)64-35-29(54)24(49)18(8-41)62-39(35)59-12-5-13(42)19-16(6-12)60-32(11-3-14(43)22(47)15(44)4-11)33(25(19)50)63-38-34(28(53)21(46)10(2)58-38)65-37-31(56)27(52)23(48)17(7-40)61-37/h3-6,9-10,17-18,20-21,23-24,26-31,34-49,51-56H,7-8H2,1-2H3/t9-,10-,17+,18+,20-,21-,23+,24+,26+,27-,28+,29-,30+,31+,34+,35+,36-,37-,38-,39+/m0/s1. The van der Waals surface area contributed by atoms with Crippen LogP contribution >= 0.6 is 0 Å². The summed E-state index contributed by atoms with van der Waals surface area (Å²) in [5, 5.41) is 167. The van der Waals surface area contributed by atoms with Gasteiger partial charge in [0.05, 0.1) is 25.4 Å². The molecule has 20 atom stereocenters. The molecule has 1 aromatic heterocycles. The fourth-order valence-electron chi connectivity index (χ4n) is 7.76. The van der Waals surface area contributed by atoms with Gasteiger partial charge >= 0.3 is 0 Å². The van der Waals surface area contributed by atoms with E-state index in [4.69, 9.17) is 42.3 Å². The smallest absolute Gasteiger partial charge is 0.239 e. The molecule has 0 saturated carbocycles. The van der Waals surface area contributed by atoms with Crippen LogP contribution in [0.25, 0.3) is 22.3 Å². The highest BCUT2D eigenvalue weighted by Gasteiger charge is 2.53. The number of phenolic OH excluding ortho intramolecular Hbond substituents is 4. The summed E-state index contributed by atoms with van der Waals surface area (Å²) in [6.45, 7) is 0.885. The molecule has 2 aromatic carbocycles. The van der Waals surface area contributed by atoms with Gasteiger partial charge in [0.25, 0.3) is 0 Å². The third-order valence-corrected chi connectivity index (χ3v) is 11.6. The number of fused-ring (bicyclic) bond motifs is 1. The predicted molar refractivity (Wildman–Crippen MR) is 206 cm³/mol. The Hall–Kier alpha value is -4.27. The van der Waals surface area contributed by atoms with Crippen molar-refractivity contribution in [3.05, 3.63) is 34.5 Å². The first kappa shape index (κ1) is 48.7. The Balaban J connectivity index is 1.29. The highest BCUT2D eigenvalue weighted by molar-refractivity contribution is 5.88. The number of aromatic hydroxyl groups is 4. The van der Waals surface area contributed by atoms with Crippen LogP contribution in [0.3, 0.4) is 0 Å². The van der Waals surface area contributed by atoms with Crippen molar-refractivity contribution in [1.82, 2.24) is 0 Å². The largest absolute Gasteiger partial charge is 0.507 e. The van der Waals surface area contributed by atoms with Gasteiger partial charge < -0.3 is 124 Å². The number of aliphatic hydroxyl groups excluding tert-OH is 12. The number of aliphatic hydroxyl groups is 12. The molecule has 0 unspecified atom stereocenters. The van der Waals surface area contributed by atoms with Gasteiger partial charge in [0, 0.05) is 17.7 Å². The maximum Gasteiger partial charge on any atom is 0.239 e. The van der Waals surface area contributed by atoms with E-state index in [9.17, 15) is 86.5 Å². The summed E-state index contributed by atoms with van der Waals surface area (Å²) in [5.74, 6) is -5.83. The Labute approximate surface area is 364 Å². The second-order valence-corrected chi connectivity index (χ2v) is 16.0. The van der Waals surface area contributed by atoms with Crippen LogP contribution in [-0.4, -0.2) is 218 Å². The highest BCUT2D eigenvalue weighted by atomic mass is 16.8. The first-order chi connectivity index (χ1) is 30.7. The number of ether oxygens (including phenoxy) is 8. The first-order valence-electron chi connectivity index (χ1n) is 20.0. The number of hydrogen-bond donors (Lipinski definition) is 16. The summed E-state index contributed by atoms with van der Waals surface area (Å²) in [7, 11) is 0. The number of benzene rings is 2. The van der Waals surface area contributed by atoms with E-state index in [1.54, 1.807) is 0 Å². The molecule has 0 bridgehead atoms. The fourth-order valence-corrected chi connectivity index (χ4v) is 7.76. The quantitative estimate of drug-likeness (QED) is 0.0797. The van der Waals surface area contributed by atoms with E-state index < -0.39 is 198 Å². The number of rotatable bonds is 11. The van der Waals surface area contributed by atoms with Crippen LogP contribution in [0.1, 0.15) is 13.8 Å². The van der Waals surface area contributed by atoms with Crippen LogP contribution in [0.5, 0.6) is 34.5 Å². The lowest BCUT2D eigenvalue weighted by Gasteiger charge is -2.45. The van der Waals surface area contributed by atoms with Crippen LogP contribution in [0.2, 0.25) is 0 Å². The van der Waals surface area contributed by atoms with E-state index in [2.05, 4.69) is 0 Å². The van der Waals surface area contributed by atoms with Crippen LogP contribution in [0, 0.1) is 0 Å². The highest BCUT2D eigenvalue weighted by Crippen LogP contribution is 2.44. The van der Waals surface area contributed by atoms with Gasteiger partial charge in [-0.05, 0) is 26.0 Å². The van der Waals surface area contributed by atoms with Crippen LogP contribution in [0.15, 0.2) is 33.5 Å². The molecule has 4 aliphatic heterocycles. The third-order valence-electron chi connectivity index (χ3n) is 11.6. The fraction of sp³-hybridized carbons (Fsp3) is 0.615. The van der Waals surface area contributed by atoms with E-state index in [1.165, 1.54) is 13.8 Å². The molecule has 0 amide bonds. The third kappa shape index (κ3) is 9.12. The van der Waals surface area contributed by atoms with Gasteiger partial charge in [0.15, 0.2) is 47.8 Å². The van der Waals surface area contributed by atoms with Gasteiger partial charge in [-0.15, -0.1) is 0 Å². The summed E-state index contributed by atoms with van der Waals surface area (Å²) in [6.07, 6.45) is -35.3. The van der Waals surface area contributed by atoms with E-state index in [-0.39, 0.29) is 0 Å². The number of hydrogen-bond acceptors (Lipinski definition) is 26. The van der Waals surface area contributed by atoms with Crippen LogP contribution < -0.4 is 14.9 Å². The minimum Gasteiger partial charge on any atom is -0.507 e. The SMILES string of the molecule is C[C@@H]1O[C@@H](O[C@H]2[C@H](Oc3cc(O)c4c(=O)c(O[C@@H]5O[C@@H](C)[C@H](O)[C@@H](O)[C@H]5O[C@@H]5O[C@H](CO)[C@@H](O)[C@H](O)[C@H]5O)c(-c5cc(O)c(O)c(O)c5)oc4c3)O[C@H](CO)[C@@H](O)[C@@H]2O)[C@H](O)[C@H](O)[C@H]1O. The Morgan fingerprint density at radius 3 is 1.55 bits per heavy atom. The zero-order valence-corrected chi connectivity index (χ0v) is 34.0. The van der Waals surface area contributed by atoms with E-state index >= 15 is 0 Å². The second-order valence-electron chi connectivity index (χ2n) is 16.0. The van der Waals surface area contributed by atoms with Crippen molar-refractivity contribution in [1.29, 1.82) is 0 Å². The van der Waals surface area contributed by atoms with Crippen molar-refractivity contribution in [3.63, 3.8) is 0 Å². The molecule has 26 nitrogen and oxygen atoms in total. The van der Waals surface area contributed by atoms with Gasteiger partial charge in [-0.3, -0.25) is 4.79 Å². The molecule has 26 heteroatoms. The molecular weight excluding hydrogens is 884 g/mol. The van der Waals surface area contributed by atoms with Crippen molar-refractivity contribution < 1.29 is 124 Å². The minimum absolute atomic E-state index is 0.395. The molecule has 4 saturated heterocycles. The predicted octanol–water partition coefficient (Wildman–Crippen LogP) is -5.66. The van der Waals surface area contributed by atoms with Crippen molar-refractivity contribution in [3.8, 4) is 45.8 Å². The maximum absolute atomic E-state index is 14.5. The molecule has 0 radical (unpaired) electrons. The van der Waals surface area contributed by atoms with Gasteiger partial charge in [0.2, 0.25) is 23.8 Å². The summed E-state index contributed by atoms with van der Waals surface area (Å²) in [6, 6.07) is 3.45. The maximum atomic E-state index is 14.5. The molecular formula is C39H50O26. The second kappa shape index (κ2) is 19.1. The summed E-state index contributed by atoms with van der Waals surface area (Å²) < 4.78 is 51.6. The normalized spacial score (nSPS) is 40.2. The minimum atomic E-state index is -2.03. The van der Waals surface area contributed by atoms with Crippen LogP contribution in [0.4, 0.5) is 0 Å². The first-order valence-corrected chi connectivity index (χ1v) is 20.0. The average Bonchev–Trinajstić information content (AvgIpc) is 3.27. The summed E-state index contributed by atoms with van der Waals surface area (Å²) in [4.78, 5) is 14.5. The summed E-state index contributed by atoms with van der Waals surface area (Å²) in [5.41, 5.74) is -2.19. The lowest BCUT2D eigenvalue weighted by atomic mass is 9.97. The Bertz CT molecular complexity index is 2180. The molecule has 5 heterocycles. The molecule has 4 aliphatic rings. The van der Waals surface area contributed by atoms with Crippen LogP contribution in [-0.2, 0) is 28.4 Å². The molecule has 65 heavy (non-hydrogen) atoms. The van der Waals surface area contributed by atoms with Gasteiger partial charge in [-0.2, -0.15) is 0 Å². The van der Waals surface area contributed by atoms with E-state index in [0.717, 1.165) is 24.3 Å². The monoisotopic (exact) mass is 934 g/mol. The molecule has 4 fully saturated rings. The summed E-state index contributed by atoms with van der Waals surface area (Å²) >= 11 is 0. The molecule has 362 valence electrons. The van der Waals surface area contributed by atoms with Gasteiger partial charge in [-0.1, -0.05) is 0 Å². The van der Waals surface area contributed by atoms with Crippen molar-refractivity contribution >= 4 is 11.0 Å². The zero-order chi connectivity index (χ0) is 47.5.